The Balaban J connectivity index is 3.33. The maximum absolute atomic E-state index is 10.6. The first-order valence-corrected chi connectivity index (χ1v) is 5.95. The predicted molar refractivity (Wildman–Crippen MR) is 39.6 cm³/mol. The van der Waals surface area contributed by atoms with Crippen molar-refractivity contribution in [2.75, 3.05) is 0 Å². The first kappa shape index (κ1) is 9.90. The van der Waals surface area contributed by atoms with Crippen molar-refractivity contribution in [2.24, 2.45) is 5.92 Å². The van der Waals surface area contributed by atoms with E-state index in [4.69, 9.17) is 9.11 Å². The topological polar surface area (TPSA) is 109 Å². The summed E-state index contributed by atoms with van der Waals surface area (Å²) in [5, 5.41) is 0. The van der Waals surface area contributed by atoms with E-state index in [1.165, 1.54) is 6.92 Å². The summed E-state index contributed by atoms with van der Waals surface area (Å²) in [6.07, 6.45) is -0.259. The molecule has 1 atom stereocenters. The lowest BCUT2D eigenvalue weighted by Crippen LogP contribution is -2.33. The van der Waals surface area contributed by atoms with Crippen LogP contribution in [0.1, 0.15) is 13.3 Å². The average molecular weight is 216 g/mol. The Morgan fingerprint density at radius 3 is 1.42 bits per heavy atom. The third kappa shape index (κ3) is 1.06. The Kier molecular flexibility index (Phi) is 1.81. The van der Waals surface area contributed by atoms with Gasteiger partial charge in [-0.2, -0.15) is 16.8 Å². The molecule has 1 aliphatic rings. The van der Waals surface area contributed by atoms with Crippen LogP contribution in [0.25, 0.3) is 0 Å². The molecule has 0 radical (unpaired) electrons. The van der Waals surface area contributed by atoms with Crippen LogP contribution >= 0.6 is 0 Å². The van der Waals surface area contributed by atoms with Crippen molar-refractivity contribution in [3.05, 3.63) is 0 Å². The van der Waals surface area contributed by atoms with Crippen LogP contribution in [0.15, 0.2) is 0 Å². The smallest absolute Gasteiger partial charge is 0.284 e. The van der Waals surface area contributed by atoms with E-state index in [0.717, 1.165) is 0 Å². The molecule has 0 aliphatic heterocycles. The van der Waals surface area contributed by atoms with Gasteiger partial charge in [-0.1, -0.05) is 6.92 Å². The van der Waals surface area contributed by atoms with Gasteiger partial charge in [-0.3, -0.25) is 9.11 Å². The maximum Gasteiger partial charge on any atom is 0.288 e. The van der Waals surface area contributed by atoms with Gasteiger partial charge in [0.15, 0.2) is 0 Å². The zero-order chi connectivity index (χ0) is 9.78. The molecule has 0 aromatic rings. The summed E-state index contributed by atoms with van der Waals surface area (Å²) < 4.78 is 57.1. The van der Waals surface area contributed by atoms with Crippen molar-refractivity contribution in [2.45, 2.75) is 17.4 Å². The molecule has 0 aromatic heterocycles. The largest absolute Gasteiger partial charge is 0.288 e. The van der Waals surface area contributed by atoms with Crippen molar-refractivity contribution >= 4 is 20.2 Å². The second-order valence-corrected chi connectivity index (χ2v) is 6.48. The minimum atomic E-state index is -4.74. The number of rotatable bonds is 2. The molecule has 1 fully saturated rings. The lowest BCUT2D eigenvalue weighted by molar-refractivity contribution is 0.448. The first-order valence-electron chi connectivity index (χ1n) is 3.07. The summed E-state index contributed by atoms with van der Waals surface area (Å²) in [5.74, 6) is -0.762. The standard InChI is InChI=1S/C4H8O6S2/c1-3-2-4(3,11(5,6)7)12(8,9)10/h3H,2H2,1H3,(H,5,6,7)(H,8,9,10). The Bertz CT molecular complexity index is 357. The van der Waals surface area contributed by atoms with Gasteiger partial charge in [-0.15, -0.1) is 0 Å². The highest BCUT2D eigenvalue weighted by atomic mass is 32.3. The summed E-state index contributed by atoms with van der Waals surface area (Å²) in [5.41, 5.74) is 0. The van der Waals surface area contributed by atoms with E-state index in [0.29, 0.717) is 0 Å². The van der Waals surface area contributed by atoms with Crippen molar-refractivity contribution in [3.8, 4) is 0 Å². The van der Waals surface area contributed by atoms with Crippen LogP contribution in [0, 0.1) is 5.92 Å². The van der Waals surface area contributed by atoms with Gasteiger partial charge in [-0.25, -0.2) is 0 Å². The number of hydrogen-bond acceptors (Lipinski definition) is 4. The minimum absolute atomic E-state index is 0.259. The third-order valence-corrected chi connectivity index (χ3v) is 6.20. The van der Waals surface area contributed by atoms with Gasteiger partial charge in [0, 0.05) is 0 Å². The van der Waals surface area contributed by atoms with Crippen molar-refractivity contribution in [1.82, 2.24) is 0 Å². The van der Waals surface area contributed by atoms with Gasteiger partial charge in [0.2, 0.25) is 4.08 Å². The van der Waals surface area contributed by atoms with Gasteiger partial charge in [0.05, 0.1) is 0 Å². The Labute approximate surface area is 70.1 Å². The summed E-state index contributed by atoms with van der Waals surface area (Å²) in [7, 11) is -9.47. The van der Waals surface area contributed by atoms with Gasteiger partial charge in [0.1, 0.15) is 0 Å². The lowest BCUT2D eigenvalue weighted by atomic mass is 10.5. The molecule has 0 spiro atoms. The molecule has 1 saturated carbocycles. The molecular formula is C4H8O6S2. The highest BCUT2D eigenvalue weighted by Crippen LogP contribution is 2.52. The molecule has 2 N–H and O–H groups in total. The van der Waals surface area contributed by atoms with Crippen LogP contribution in [0.5, 0.6) is 0 Å². The molecule has 0 bridgehead atoms. The van der Waals surface area contributed by atoms with Crippen LogP contribution < -0.4 is 0 Å². The normalized spacial score (nSPS) is 28.4. The molecule has 0 aromatic carbocycles. The van der Waals surface area contributed by atoms with Crippen molar-refractivity contribution in [1.29, 1.82) is 0 Å². The van der Waals surface area contributed by atoms with Gasteiger partial charge in [-0.05, 0) is 12.3 Å². The zero-order valence-electron chi connectivity index (χ0n) is 6.13. The summed E-state index contributed by atoms with van der Waals surface area (Å²) >= 11 is 0. The van der Waals surface area contributed by atoms with Gasteiger partial charge < -0.3 is 0 Å². The molecule has 8 heteroatoms. The van der Waals surface area contributed by atoms with E-state index >= 15 is 0 Å². The SMILES string of the molecule is CC1CC1(S(=O)(=O)O)S(=O)(=O)O. The molecule has 0 amide bonds. The van der Waals surface area contributed by atoms with Crippen LogP contribution in [-0.2, 0) is 20.2 Å². The predicted octanol–water partition coefficient (Wildman–Crippen LogP) is -0.502. The van der Waals surface area contributed by atoms with Crippen LogP contribution in [-0.4, -0.2) is 30.0 Å². The van der Waals surface area contributed by atoms with E-state index < -0.39 is 30.2 Å². The molecule has 12 heavy (non-hydrogen) atoms. The monoisotopic (exact) mass is 216 g/mol. The fourth-order valence-corrected chi connectivity index (χ4v) is 4.22. The third-order valence-electron chi connectivity index (χ3n) is 2.05. The van der Waals surface area contributed by atoms with Gasteiger partial charge >= 0.3 is 0 Å². The lowest BCUT2D eigenvalue weighted by Gasteiger charge is -2.07. The quantitative estimate of drug-likeness (QED) is 0.602. The molecule has 72 valence electrons. The van der Waals surface area contributed by atoms with E-state index in [1.807, 2.05) is 0 Å². The summed E-state index contributed by atoms with van der Waals surface area (Å²) in [6, 6.07) is 0. The highest BCUT2D eigenvalue weighted by molar-refractivity contribution is 8.05. The zero-order valence-corrected chi connectivity index (χ0v) is 7.76. The fourth-order valence-electron chi connectivity index (χ4n) is 1.22. The number of hydrogen-bond donors (Lipinski definition) is 2. The fraction of sp³-hybridized carbons (Fsp3) is 1.00. The van der Waals surface area contributed by atoms with Crippen LogP contribution in [0.3, 0.4) is 0 Å². The average Bonchev–Trinajstić information content (AvgIpc) is 2.36. The Morgan fingerprint density at radius 1 is 1.17 bits per heavy atom. The van der Waals surface area contributed by atoms with Crippen LogP contribution in [0.2, 0.25) is 0 Å². The van der Waals surface area contributed by atoms with Crippen molar-refractivity contribution < 1.29 is 25.9 Å². The van der Waals surface area contributed by atoms with Gasteiger partial charge in [0.25, 0.3) is 20.2 Å². The van der Waals surface area contributed by atoms with E-state index in [1.54, 1.807) is 0 Å². The summed E-state index contributed by atoms with van der Waals surface area (Å²) in [6.45, 7) is 1.32. The maximum atomic E-state index is 10.6. The molecule has 1 unspecified atom stereocenters. The molecular weight excluding hydrogens is 208 g/mol. The van der Waals surface area contributed by atoms with E-state index in [9.17, 15) is 16.8 Å². The molecule has 1 aliphatic carbocycles. The van der Waals surface area contributed by atoms with E-state index in [-0.39, 0.29) is 6.42 Å². The Hall–Kier alpha value is -0.180. The van der Waals surface area contributed by atoms with Crippen molar-refractivity contribution in [3.63, 3.8) is 0 Å². The second-order valence-electron chi connectivity index (χ2n) is 2.87. The molecule has 1 rings (SSSR count). The molecule has 6 nitrogen and oxygen atoms in total. The first-order chi connectivity index (χ1) is 5.13. The second kappa shape index (κ2) is 2.19. The van der Waals surface area contributed by atoms with Crippen LogP contribution in [0.4, 0.5) is 0 Å². The minimum Gasteiger partial charge on any atom is -0.284 e. The molecule has 0 heterocycles. The Morgan fingerprint density at radius 2 is 1.42 bits per heavy atom. The highest BCUT2D eigenvalue weighted by Gasteiger charge is 2.70. The summed E-state index contributed by atoms with van der Waals surface area (Å²) in [4.78, 5) is 0. The molecule has 0 saturated heterocycles. The van der Waals surface area contributed by atoms with E-state index in [2.05, 4.69) is 0 Å².